The molecule has 0 spiro atoms. The highest BCUT2D eigenvalue weighted by atomic mass is 32.2. The highest BCUT2D eigenvalue weighted by molar-refractivity contribution is 7.91. The largest absolute Gasteiger partial charge is 0.462 e. The number of carbonyl (C=O) groups is 3. The number of rotatable bonds is 7. The van der Waals surface area contributed by atoms with Crippen LogP contribution in [0.25, 0.3) is 0 Å². The molecule has 2 heterocycles. The van der Waals surface area contributed by atoms with Gasteiger partial charge in [-0.25, -0.2) is 13.2 Å². The summed E-state index contributed by atoms with van der Waals surface area (Å²) in [5.41, 5.74) is 1.44. The minimum atomic E-state index is -3.07. The van der Waals surface area contributed by atoms with Gasteiger partial charge >= 0.3 is 11.9 Å². The first-order valence-electron chi connectivity index (χ1n) is 8.86. The Morgan fingerprint density at radius 2 is 1.93 bits per heavy atom. The van der Waals surface area contributed by atoms with Gasteiger partial charge in [0.2, 0.25) is 5.78 Å². The number of aromatic amines is 1. The topological polar surface area (TPSA) is 120 Å². The Morgan fingerprint density at radius 3 is 2.48 bits per heavy atom. The van der Waals surface area contributed by atoms with Crippen molar-refractivity contribution in [3.05, 3.63) is 22.5 Å². The van der Waals surface area contributed by atoms with Crippen molar-refractivity contribution in [2.45, 2.75) is 46.6 Å². The number of carbonyl (C=O) groups excluding carboxylic acids is 3. The van der Waals surface area contributed by atoms with Gasteiger partial charge in [-0.3, -0.25) is 9.59 Å². The van der Waals surface area contributed by atoms with Crippen molar-refractivity contribution in [2.24, 2.45) is 5.92 Å². The molecule has 1 aromatic heterocycles. The van der Waals surface area contributed by atoms with Gasteiger partial charge in [0.15, 0.2) is 15.9 Å². The van der Waals surface area contributed by atoms with Crippen LogP contribution in [0.15, 0.2) is 0 Å². The first-order valence-corrected chi connectivity index (χ1v) is 10.7. The molecule has 1 N–H and O–H groups in total. The minimum absolute atomic E-state index is 0.0255. The molecule has 1 aliphatic rings. The van der Waals surface area contributed by atoms with Crippen molar-refractivity contribution in [2.75, 3.05) is 18.1 Å². The molecule has 1 aromatic rings. The van der Waals surface area contributed by atoms with Gasteiger partial charge < -0.3 is 14.5 Å². The van der Waals surface area contributed by atoms with Crippen molar-refractivity contribution < 1.29 is 32.3 Å². The van der Waals surface area contributed by atoms with E-state index in [4.69, 9.17) is 9.47 Å². The summed E-state index contributed by atoms with van der Waals surface area (Å²) >= 11 is 0. The van der Waals surface area contributed by atoms with E-state index in [1.807, 2.05) is 0 Å². The molecule has 1 saturated heterocycles. The third-order valence-electron chi connectivity index (χ3n) is 4.62. The molecule has 27 heavy (non-hydrogen) atoms. The van der Waals surface area contributed by atoms with Crippen molar-refractivity contribution >= 4 is 27.6 Å². The van der Waals surface area contributed by atoms with E-state index in [0.29, 0.717) is 23.2 Å². The zero-order valence-corrected chi connectivity index (χ0v) is 16.8. The SMILES string of the molecule is CCOC(=O)c1c(C)[nH]c(C(=O)[C@@H](C)OC(=O)C[C@H]2CCS(=O)(=O)C2)c1C. The fourth-order valence-electron chi connectivity index (χ4n) is 3.28. The van der Waals surface area contributed by atoms with Crippen LogP contribution >= 0.6 is 0 Å². The maximum Gasteiger partial charge on any atom is 0.340 e. The Labute approximate surface area is 158 Å². The summed E-state index contributed by atoms with van der Waals surface area (Å²) < 4.78 is 33.1. The molecule has 0 amide bonds. The van der Waals surface area contributed by atoms with E-state index in [2.05, 4.69) is 4.98 Å². The van der Waals surface area contributed by atoms with Gasteiger partial charge in [0.25, 0.3) is 0 Å². The van der Waals surface area contributed by atoms with Crippen molar-refractivity contribution in [1.29, 1.82) is 0 Å². The zero-order valence-electron chi connectivity index (χ0n) is 16.0. The average molecular weight is 399 g/mol. The summed E-state index contributed by atoms with van der Waals surface area (Å²) in [5.74, 6) is -1.80. The monoisotopic (exact) mass is 399 g/mol. The third-order valence-corrected chi connectivity index (χ3v) is 6.46. The van der Waals surface area contributed by atoms with Crippen LogP contribution in [0.2, 0.25) is 0 Å². The van der Waals surface area contributed by atoms with Crippen LogP contribution in [0.3, 0.4) is 0 Å². The van der Waals surface area contributed by atoms with E-state index < -0.39 is 33.7 Å². The number of sulfone groups is 1. The molecule has 2 atom stereocenters. The first kappa shape index (κ1) is 21.1. The molecule has 1 aliphatic heterocycles. The molecule has 0 aromatic carbocycles. The molecular weight excluding hydrogens is 374 g/mol. The van der Waals surface area contributed by atoms with Gasteiger partial charge in [-0.05, 0) is 45.6 Å². The highest BCUT2D eigenvalue weighted by Gasteiger charge is 2.32. The number of aryl methyl sites for hydroxylation is 1. The van der Waals surface area contributed by atoms with Crippen LogP contribution in [0, 0.1) is 19.8 Å². The lowest BCUT2D eigenvalue weighted by Crippen LogP contribution is -2.26. The van der Waals surface area contributed by atoms with Crippen molar-refractivity contribution in [3.8, 4) is 0 Å². The predicted octanol–water partition coefficient (Wildman–Crippen LogP) is 1.75. The number of H-pyrrole nitrogens is 1. The Morgan fingerprint density at radius 1 is 1.26 bits per heavy atom. The number of Topliss-reactive ketones (excluding diaryl/α,β-unsaturated/α-hetero) is 1. The van der Waals surface area contributed by atoms with Crippen LogP contribution in [0.5, 0.6) is 0 Å². The second-order valence-electron chi connectivity index (χ2n) is 6.81. The van der Waals surface area contributed by atoms with Crippen LogP contribution in [-0.2, 0) is 24.1 Å². The highest BCUT2D eigenvalue weighted by Crippen LogP contribution is 2.23. The van der Waals surface area contributed by atoms with Crippen molar-refractivity contribution in [1.82, 2.24) is 4.98 Å². The molecule has 0 aliphatic carbocycles. The van der Waals surface area contributed by atoms with E-state index in [0.717, 1.165) is 0 Å². The molecule has 150 valence electrons. The molecule has 0 saturated carbocycles. The van der Waals surface area contributed by atoms with Crippen molar-refractivity contribution in [3.63, 3.8) is 0 Å². The zero-order chi connectivity index (χ0) is 20.4. The van der Waals surface area contributed by atoms with Crippen LogP contribution in [0.4, 0.5) is 0 Å². The lowest BCUT2D eigenvalue weighted by molar-refractivity contribution is -0.147. The lowest BCUT2D eigenvalue weighted by Gasteiger charge is -2.14. The Kier molecular flexibility index (Phi) is 6.46. The number of hydrogen-bond donors (Lipinski definition) is 1. The predicted molar refractivity (Wildman–Crippen MR) is 97.5 cm³/mol. The summed E-state index contributed by atoms with van der Waals surface area (Å²) in [6.45, 7) is 6.65. The lowest BCUT2D eigenvalue weighted by atomic mass is 10.0. The van der Waals surface area contributed by atoms with Gasteiger partial charge in [-0.15, -0.1) is 0 Å². The van der Waals surface area contributed by atoms with E-state index in [1.54, 1.807) is 20.8 Å². The smallest absolute Gasteiger partial charge is 0.340 e. The first-order chi connectivity index (χ1) is 12.6. The van der Waals surface area contributed by atoms with E-state index >= 15 is 0 Å². The maximum atomic E-state index is 12.6. The summed E-state index contributed by atoms with van der Waals surface area (Å²) in [5, 5.41) is 0. The van der Waals surface area contributed by atoms with Gasteiger partial charge in [-0.2, -0.15) is 0 Å². The normalized spacial score (nSPS) is 19.5. The van der Waals surface area contributed by atoms with Crippen LogP contribution in [-0.4, -0.2) is 55.3 Å². The number of ether oxygens (including phenoxy) is 2. The van der Waals surface area contributed by atoms with Gasteiger partial charge in [0.05, 0.1) is 29.4 Å². The number of aromatic nitrogens is 1. The molecule has 1 fully saturated rings. The maximum absolute atomic E-state index is 12.6. The molecule has 9 heteroatoms. The standard InChI is InChI=1S/C18H25NO7S/c1-5-25-18(22)15-10(2)16(19-11(15)3)17(21)12(4)26-14(20)8-13-6-7-27(23,24)9-13/h12-13,19H,5-9H2,1-4H3/t12-,13-/m1/s1. The van der Waals surface area contributed by atoms with Gasteiger partial charge in [0.1, 0.15) is 0 Å². The summed E-state index contributed by atoms with van der Waals surface area (Å²) in [4.78, 5) is 39.6. The van der Waals surface area contributed by atoms with Crippen LogP contribution in [0.1, 0.15) is 58.8 Å². The Balaban J connectivity index is 2.04. The number of nitrogens with one attached hydrogen (secondary N) is 1. The summed E-state index contributed by atoms with van der Waals surface area (Å²) in [6.07, 6.45) is -0.659. The molecule has 8 nitrogen and oxygen atoms in total. The molecule has 0 unspecified atom stereocenters. The Bertz CT molecular complexity index is 853. The van der Waals surface area contributed by atoms with E-state index in [1.165, 1.54) is 6.92 Å². The quantitative estimate of drug-likeness (QED) is 0.548. The van der Waals surface area contributed by atoms with E-state index in [9.17, 15) is 22.8 Å². The summed E-state index contributed by atoms with van der Waals surface area (Å²) in [7, 11) is -3.07. The second kappa shape index (κ2) is 8.24. The Hall–Kier alpha value is -2.16. The minimum Gasteiger partial charge on any atom is -0.462 e. The average Bonchev–Trinajstić information content (AvgIpc) is 3.05. The molecular formula is C18H25NO7S. The van der Waals surface area contributed by atoms with Crippen LogP contribution < -0.4 is 0 Å². The molecule has 0 bridgehead atoms. The fourth-order valence-corrected chi connectivity index (χ4v) is 5.14. The summed E-state index contributed by atoms with van der Waals surface area (Å²) in [6, 6.07) is 0. The number of hydrogen-bond acceptors (Lipinski definition) is 7. The van der Waals surface area contributed by atoms with Gasteiger partial charge in [0, 0.05) is 12.1 Å². The van der Waals surface area contributed by atoms with E-state index in [-0.39, 0.29) is 36.1 Å². The number of ketones is 1. The molecule has 2 rings (SSSR count). The third kappa shape index (κ3) is 4.97. The number of esters is 2. The molecule has 0 radical (unpaired) electrons. The second-order valence-corrected chi connectivity index (χ2v) is 9.04. The van der Waals surface area contributed by atoms with Gasteiger partial charge in [-0.1, -0.05) is 0 Å². The fraction of sp³-hybridized carbons (Fsp3) is 0.611.